The van der Waals surface area contributed by atoms with Gasteiger partial charge in [0.25, 0.3) is 5.91 Å². The minimum atomic E-state index is -1.04. The third-order valence-electron chi connectivity index (χ3n) is 2.92. The second-order valence-electron chi connectivity index (χ2n) is 4.47. The summed E-state index contributed by atoms with van der Waals surface area (Å²) < 4.78 is 0. The second-order valence-corrected chi connectivity index (χ2v) is 4.47. The van der Waals surface area contributed by atoms with Crippen molar-refractivity contribution >= 4 is 17.6 Å². The number of aromatic nitrogens is 2. The number of aliphatic hydroxyl groups excluding tert-OH is 1. The van der Waals surface area contributed by atoms with Crippen molar-refractivity contribution in [1.82, 2.24) is 10.2 Å². The molecule has 1 aromatic heterocycles. The number of rotatable bonds is 5. The van der Waals surface area contributed by atoms with E-state index in [1.165, 1.54) is 29.2 Å². The van der Waals surface area contributed by atoms with E-state index in [9.17, 15) is 9.59 Å². The number of hydrogen-bond donors (Lipinski definition) is 3. The van der Waals surface area contributed by atoms with Crippen LogP contribution >= 0.6 is 0 Å². The number of carboxylic acids is 1. The van der Waals surface area contributed by atoms with Crippen LogP contribution in [0, 0.1) is 6.92 Å². The van der Waals surface area contributed by atoms with Crippen molar-refractivity contribution in [3.8, 4) is 0 Å². The van der Waals surface area contributed by atoms with Crippen molar-refractivity contribution in [1.29, 1.82) is 0 Å². The summed E-state index contributed by atoms with van der Waals surface area (Å²) in [6, 6.07) is 7.47. The van der Waals surface area contributed by atoms with E-state index in [-0.39, 0.29) is 30.3 Å². The van der Waals surface area contributed by atoms with Crippen molar-refractivity contribution in [2.45, 2.75) is 6.92 Å². The Balaban J connectivity index is 2.29. The van der Waals surface area contributed by atoms with E-state index < -0.39 is 5.97 Å². The number of nitrogens with one attached hydrogen (secondary N) is 1. The molecule has 7 heteroatoms. The molecule has 0 atom stereocenters. The highest BCUT2D eigenvalue weighted by atomic mass is 16.4. The molecule has 1 aromatic carbocycles. The van der Waals surface area contributed by atoms with Crippen molar-refractivity contribution in [3.63, 3.8) is 0 Å². The molecule has 21 heavy (non-hydrogen) atoms. The molecule has 0 radical (unpaired) electrons. The van der Waals surface area contributed by atoms with Crippen LogP contribution in [0.3, 0.4) is 0 Å². The molecule has 0 aliphatic heterocycles. The Morgan fingerprint density at radius 3 is 2.43 bits per heavy atom. The number of hydrogen-bond acceptors (Lipinski definition) is 4. The number of H-pyrrole nitrogens is 1. The lowest BCUT2D eigenvalue weighted by molar-refractivity contribution is 0.0696. The number of aromatic amines is 1. The second kappa shape index (κ2) is 6.19. The van der Waals surface area contributed by atoms with Crippen LogP contribution in [0.15, 0.2) is 30.3 Å². The molecule has 110 valence electrons. The Labute approximate surface area is 120 Å². The lowest BCUT2D eigenvalue weighted by Crippen LogP contribution is -2.33. The fourth-order valence-electron chi connectivity index (χ4n) is 1.90. The zero-order valence-corrected chi connectivity index (χ0v) is 11.4. The molecule has 1 amide bonds. The molecule has 0 aliphatic rings. The molecule has 0 fully saturated rings. The van der Waals surface area contributed by atoms with Gasteiger partial charge in [-0.25, -0.2) is 4.79 Å². The highest BCUT2D eigenvalue weighted by Crippen LogP contribution is 2.18. The first kappa shape index (κ1) is 14.7. The SMILES string of the molecule is Cc1cc(C(=O)N(CCO)c2ccc(C(=O)O)cc2)n[nH]1. The third kappa shape index (κ3) is 3.26. The summed E-state index contributed by atoms with van der Waals surface area (Å²) in [6.07, 6.45) is 0. The largest absolute Gasteiger partial charge is 0.478 e. The van der Waals surface area contributed by atoms with Gasteiger partial charge < -0.3 is 15.1 Å². The fraction of sp³-hybridized carbons (Fsp3) is 0.214. The molecule has 0 saturated carbocycles. The molecular weight excluding hydrogens is 274 g/mol. The number of carbonyl (C=O) groups is 2. The average Bonchev–Trinajstić information content (AvgIpc) is 2.91. The average molecular weight is 289 g/mol. The fourth-order valence-corrected chi connectivity index (χ4v) is 1.90. The van der Waals surface area contributed by atoms with Crippen LogP contribution in [0.25, 0.3) is 0 Å². The number of amides is 1. The van der Waals surface area contributed by atoms with Crippen molar-refractivity contribution < 1.29 is 19.8 Å². The minimum Gasteiger partial charge on any atom is -0.478 e. The minimum absolute atomic E-state index is 0.0944. The number of aliphatic hydroxyl groups is 1. The predicted molar refractivity (Wildman–Crippen MR) is 75.5 cm³/mol. The first-order valence-corrected chi connectivity index (χ1v) is 6.31. The molecule has 3 N–H and O–H groups in total. The number of benzene rings is 1. The summed E-state index contributed by atoms with van der Waals surface area (Å²) >= 11 is 0. The van der Waals surface area contributed by atoms with Crippen molar-refractivity contribution in [3.05, 3.63) is 47.3 Å². The summed E-state index contributed by atoms with van der Waals surface area (Å²) in [6.45, 7) is 1.66. The van der Waals surface area contributed by atoms with Crippen LogP contribution in [-0.2, 0) is 0 Å². The number of nitrogens with zero attached hydrogens (tertiary/aromatic N) is 2. The standard InChI is InChI=1S/C14H15N3O4/c1-9-8-12(16-15-9)13(19)17(6-7-18)11-4-2-10(3-5-11)14(20)21/h2-5,8,18H,6-7H2,1H3,(H,15,16)(H,20,21). The molecule has 0 bridgehead atoms. The monoisotopic (exact) mass is 289 g/mol. The molecular formula is C14H15N3O4. The molecule has 7 nitrogen and oxygen atoms in total. The van der Waals surface area contributed by atoms with Gasteiger partial charge in [-0.2, -0.15) is 5.10 Å². The van der Waals surface area contributed by atoms with E-state index in [4.69, 9.17) is 10.2 Å². The number of carbonyl (C=O) groups excluding carboxylic acids is 1. The van der Waals surface area contributed by atoms with Gasteiger partial charge in [-0.3, -0.25) is 9.89 Å². The molecule has 2 rings (SSSR count). The Bertz CT molecular complexity index is 648. The highest BCUT2D eigenvalue weighted by molar-refractivity contribution is 6.05. The first-order chi connectivity index (χ1) is 10.0. The highest BCUT2D eigenvalue weighted by Gasteiger charge is 2.20. The van der Waals surface area contributed by atoms with Gasteiger partial charge in [0.05, 0.1) is 12.2 Å². The van der Waals surface area contributed by atoms with Crippen LogP contribution in [0.5, 0.6) is 0 Å². The predicted octanol–water partition coefficient (Wildman–Crippen LogP) is 1.06. The van der Waals surface area contributed by atoms with Crippen molar-refractivity contribution in [2.24, 2.45) is 0 Å². The number of carboxylic acid groups (broad SMARTS) is 1. The van der Waals surface area contributed by atoms with E-state index in [1.807, 2.05) is 0 Å². The van der Waals surface area contributed by atoms with Crippen LogP contribution in [-0.4, -0.2) is 45.4 Å². The Hall–Kier alpha value is -2.67. The number of aryl methyl sites for hydroxylation is 1. The summed E-state index contributed by atoms with van der Waals surface area (Å²) in [5.74, 6) is -1.40. The molecule has 1 heterocycles. The smallest absolute Gasteiger partial charge is 0.335 e. The van der Waals surface area contributed by atoms with E-state index in [0.717, 1.165) is 5.69 Å². The number of aromatic carboxylic acids is 1. The van der Waals surface area contributed by atoms with E-state index >= 15 is 0 Å². The third-order valence-corrected chi connectivity index (χ3v) is 2.92. The lowest BCUT2D eigenvalue weighted by Gasteiger charge is -2.21. The van der Waals surface area contributed by atoms with Crippen LogP contribution in [0.2, 0.25) is 0 Å². The van der Waals surface area contributed by atoms with Gasteiger partial charge in [0.1, 0.15) is 0 Å². The zero-order chi connectivity index (χ0) is 15.4. The number of anilines is 1. The maximum atomic E-state index is 12.4. The van der Waals surface area contributed by atoms with Gasteiger partial charge in [0.2, 0.25) is 0 Å². The van der Waals surface area contributed by atoms with Gasteiger partial charge in [0.15, 0.2) is 5.69 Å². The summed E-state index contributed by atoms with van der Waals surface area (Å²) in [4.78, 5) is 24.6. The van der Waals surface area contributed by atoms with Gasteiger partial charge in [-0.15, -0.1) is 0 Å². The molecule has 0 aliphatic carbocycles. The maximum Gasteiger partial charge on any atom is 0.335 e. The van der Waals surface area contributed by atoms with Gasteiger partial charge in [-0.05, 0) is 37.3 Å². The Kier molecular flexibility index (Phi) is 4.34. The molecule has 0 unspecified atom stereocenters. The quantitative estimate of drug-likeness (QED) is 0.763. The van der Waals surface area contributed by atoms with E-state index in [1.54, 1.807) is 13.0 Å². The van der Waals surface area contributed by atoms with Crippen LogP contribution in [0.4, 0.5) is 5.69 Å². The van der Waals surface area contributed by atoms with Gasteiger partial charge in [0, 0.05) is 17.9 Å². The topological polar surface area (TPSA) is 107 Å². The lowest BCUT2D eigenvalue weighted by atomic mass is 10.2. The van der Waals surface area contributed by atoms with E-state index in [0.29, 0.717) is 5.69 Å². The van der Waals surface area contributed by atoms with Gasteiger partial charge >= 0.3 is 5.97 Å². The molecule has 0 saturated heterocycles. The van der Waals surface area contributed by atoms with Crippen LogP contribution < -0.4 is 4.90 Å². The Morgan fingerprint density at radius 1 is 1.29 bits per heavy atom. The molecule has 0 spiro atoms. The summed E-state index contributed by atoms with van der Waals surface area (Å²) in [5, 5.41) is 24.6. The normalized spacial score (nSPS) is 10.4. The summed E-state index contributed by atoms with van der Waals surface area (Å²) in [7, 11) is 0. The first-order valence-electron chi connectivity index (χ1n) is 6.31. The van der Waals surface area contributed by atoms with Gasteiger partial charge in [-0.1, -0.05) is 0 Å². The van der Waals surface area contributed by atoms with Crippen LogP contribution in [0.1, 0.15) is 26.5 Å². The zero-order valence-electron chi connectivity index (χ0n) is 11.4. The maximum absolute atomic E-state index is 12.4. The Morgan fingerprint density at radius 2 is 1.95 bits per heavy atom. The van der Waals surface area contributed by atoms with E-state index in [2.05, 4.69) is 10.2 Å². The summed E-state index contributed by atoms with van der Waals surface area (Å²) in [5.41, 5.74) is 1.62. The van der Waals surface area contributed by atoms with Crippen molar-refractivity contribution in [2.75, 3.05) is 18.1 Å². The molecule has 2 aromatic rings.